The molecule has 5 aliphatic carbocycles. The maximum Gasteiger partial charge on any atom is 0.190 e. The minimum absolute atomic E-state index is 0.107. The predicted octanol–water partition coefficient (Wildman–Crippen LogP) is 3.71. The number of rotatable bonds is 0. The Morgan fingerprint density at radius 3 is 1.55 bits per heavy atom. The monoisotopic (exact) mass is 286 g/mol. The van der Waals surface area contributed by atoms with E-state index in [1.807, 2.05) is 12.1 Å². The van der Waals surface area contributed by atoms with Crippen LogP contribution in [0.3, 0.4) is 0 Å². The standard InChI is InChI=1S/C20H14O2/c21-19-15-7-13-9-1-2-10(5-9)14(13)8-16(15)20(22)18-12-4-3-11(6-12)17(18)19/h1-4,7-12H,5-6H2. The van der Waals surface area contributed by atoms with E-state index in [9.17, 15) is 9.59 Å². The van der Waals surface area contributed by atoms with Crippen LogP contribution in [0, 0.1) is 11.8 Å². The number of carbonyl (C=O) groups is 2. The van der Waals surface area contributed by atoms with Gasteiger partial charge >= 0.3 is 0 Å². The zero-order valence-electron chi connectivity index (χ0n) is 12.0. The molecule has 22 heavy (non-hydrogen) atoms. The molecule has 6 rings (SSSR count). The first-order valence-electron chi connectivity index (χ1n) is 8.10. The van der Waals surface area contributed by atoms with Gasteiger partial charge in [0.05, 0.1) is 0 Å². The molecule has 5 aliphatic rings. The number of fused-ring (bicyclic) bond motifs is 10. The molecule has 4 bridgehead atoms. The third kappa shape index (κ3) is 1.09. The van der Waals surface area contributed by atoms with Crippen molar-refractivity contribution >= 4 is 11.6 Å². The van der Waals surface area contributed by atoms with E-state index >= 15 is 0 Å². The highest BCUT2D eigenvalue weighted by atomic mass is 16.1. The third-order valence-corrected chi connectivity index (χ3v) is 6.20. The number of benzene rings is 1. The third-order valence-electron chi connectivity index (χ3n) is 6.20. The minimum Gasteiger partial charge on any atom is -0.289 e. The number of allylic oxidation sites excluding steroid dienone is 6. The number of carbonyl (C=O) groups excluding carboxylic acids is 2. The molecular formula is C20H14O2. The number of ketones is 2. The molecule has 106 valence electrons. The topological polar surface area (TPSA) is 34.1 Å². The second-order valence-corrected chi connectivity index (χ2v) is 7.18. The molecule has 1 aromatic rings. The molecule has 0 heterocycles. The van der Waals surface area contributed by atoms with Crippen LogP contribution in [-0.4, -0.2) is 11.6 Å². The Morgan fingerprint density at radius 1 is 0.636 bits per heavy atom. The van der Waals surface area contributed by atoms with Gasteiger partial charge in [0.2, 0.25) is 0 Å². The fourth-order valence-electron chi connectivity index (χ4n) is 5.21. The van der Waals surface area contributed by atoms with Crippen LogP contribution in [0.25, 0.3) is 0 Å². The van der Waals surface area contributed by atoms with Crippen LogP contribution in [-0.2, 0) is 0 Å². The maximum atomic E-state index is 13.0. The highest BCUT2D eigenvalue weighted by Gasteiger charge is 2.46. The summed E-state index contributed by atoms with van der Waals surface area (Å²) >= 11 is 0. The Kier molecular flexibility index (Phi) is 1.76. The van der Waals surface area contributed by atoms with Crippen molar-refractivity contribution in [2.24, 2.45) is 11.8 Å². The van der Waals surface area contributed by atoms with Crippen LogP contribution < -0.4 is 0 Å². The van der Waals surface area contributed by atoms with Gasteiger partial charge in [-0.2, -0.15) is 0 Å². The minimum atomic E-state index is 0.107. The van der Waals surface area contributed by atoms with E-state index in [2.05, 4.69) is 24.3 Å². The molecule has 0 saturated heterocycles. The molecule has 0 fully saturated rings. The quantitative estimate of drug-likeness (QED) is 0.681. The molecule has 2 nitrogen and oxygen atoms in total. The van der Waals surface area contributed by atoms with Crippen molar-refractivity contribution in [3.63, 3.8) is 0 Å². The summed E-state index contributed by atoms with van der Waals surface area (Å²) in [5, 5.41) is 0. The Balaban J connectivity index is 1.60. The molecule has 1 aromatic carbocycles. The summed E-state index contributed by atoms with van der Waals surface area (Å²) in [5.41, 5.74) is 5.45. The average molecular weight is 286 g/mol. The molecule has 0 N–H and O–H groups in total. The number of hydrogen-bond acceptors (Lipinski definition) is 2. The van der Waals surface area contributed by atoms with E-state index in [0.717, 1.165) is 24.0 Å². The maximum absolute atomic E-state index is 13.0. The van der Waals surface area contributed by atoms with E-state index in [4.69, 9.17) is 0 Å². The fourth-order valence-corrected chi connectivity index (χ4v) is 5.21. The molecule has 4 atom stereocenters. The van der Waals surface area contributed by atoms with Crippen molar-refractivity contribution in [2.45, 2.75) is 24.7 Å². The van der Waals surface area contributed by atoms with Crippen LogP contribution in [0.2, 0.25) is 0 Å². The lowest BCUT2D eigenvalue weighted by Crippen LogP contribution is -2.25. The molecular weight excluding hydrogens is 272 g/mol. The van der Waals surface area contributed by atoms with E-state index in [1.54, 1.807) is 0 Å². The molecule has 0 aliphatic heterocycles. The number of Topliss-reactive ketones (excluding diaryl/α,β-unsaturated/α-hetero) is 2. The van der Waals surface area contributed by atoms with Crippen LogP contribution in [0.5, 0.6) is 0 Å². The van der Waals surface area contributed by atoms with Crippen LogP contribution in [0.1, 0.15) is 56.5 Å². The van der Waals surface area contributed by atoms with Crippen molar-refractivity contribution in [1.82, 2.24) is 0 Å². The zero-order valence-corrected chi connectivity index (χ0v) is 12.0. The first kappa shape index (κ1) is 11.4. The largest absolute Gasteiger partial charge is 0.289 e. The summed E-state index contributed by atoms with van der Waals surface area (Å²) in [5.74, 6) is 1.46. The fraction of sp³-hybridized carbons (Fsp3) is 0.300. The Labute approximate surface area is 128 Å². The second kappa shape index (κ2) is 3.40. The highest BCUT2D eigenvalue weighted by molar-refractivity contribution is 6.28. The van der Waals surface area contributed by atoms with Crippen molar-refractivity contribution in [1.29, 1.82) is 0 Å². The summed E-state index contributed by atoms with van der Waals surface area (Å²) < 4.78 is 0. The zero-order chi connectivity index (χ0) is 14.6. The first-order valence-corrected chi connectivity index (χ1v) is 8.10. The Bertz CT molecular complexity index is 828. The Hall–Kier alpha value is -2.22. The van der Waals surface area contributed by atoms with Crippen molar-refractivity contribution in [3.05, 3.63) is 69.8 Å². The van der Waals surface area contributed by atoms with E-state index in [-0.39, 0.29) is 23.4 Å². The van der Waals surface area contributed by atoms with Gasteiger partial charge in [-0.25, -0.2) is 0 Å². The van der Waals surface area contributed by atoms with Gasteiger partial charge in [0, 0.05) is 45.9 Å². The molecule has 2 heteroatoms. The van der Waals surface area contributed by atoms with Gasteiger partial charge in [-0.05, 0) is 36.1 Å². The lowest BCUT2D eigenvalue weighted by atomic mass is 9.77. The van der Waals surface area contributed by atoms with Gasteiger partial charge < -0.3 is 0 Å². The summed E-state index contributed by atoms with van der Waals surface area (Å²) in [4.78, 5) is 26.0. The second-order valence-electron chi connectivity index (χ2n) is 7.18. The first-order chi connectivity index (χ1) is 10.7. The predicted molar refractivity (Wildman–Crippen MR) is 82.1 cm³/mol. The van der Waals surface area contributed by atoms with Gasteiger partial charge in [0.1, 0.15) is 0 Å². The molecule has 0 radical (unpaired) electrons. The van der Waals surface area contributed by atoms with Crippen molar-refractivity contribution in [3.8, 4) is 0 Å². The van der Waals surface area contributed by atoms with Crippen LogP contribution in [0.15, 0.2) is 47.6 Å². The van der Waals surface area contributed by atoms with Gasteiger partial charge in [0.25, 0.3) is 0 Å². The van der Waals surface area contributed by atoms with Crippen molar-refractivity contribution in [2.75, 3.05) is 0 Å². The summed E-state index contributed by atoms with van der Waals surface area (Å²) in [6.45, 7) is 0. The summed E-state index contributed by atoms with van der Waals surface area (Å²) in [7, 11) is 0. The lowest BCUT2D eigenvalue weighted by Gasteiger charge is -2.24. The number of hydrogen-bond donors (Lipinski definition) is 0. The van der Waals surface area contributed by atoms with Gasteiger partial charge in [-0.3, -0.25) is 9.59 Å². The van der Waals surface area contributed by atoms with E-state index < -0.39 is 0 Å². The van der Waals surface area contributed by atoms with Crippen LogP contribution >= 0.6 is 0 Å². The normalized spacial score (nSPS) is 35.5. The van der Waals surface area contributed by atoms with E-state index in [1.165, 1.54) is 11.1 Å². The summed E-state index contributed by atoms with van der Waals surface area (Å²) in [6.07, 6.45) is 10.7. The van der Waals surface area contributed by atoms with Crippen molar-refractivity contribution < 1.29 is 9.59 Å². The smallest absolute Gasteiger partial charge is 0.190 e. The highest BCUT2D eigenvalue weighted by Crippen LogP contribution is 2.52. The molecule has 0 amide bonds. The van der Waals surface area contributed by atoms with Gasteiger partial charge in [-0.15, -0.1) is 0 Å². The van der Waals surface area contributed by atoms with Gasteiger partial charge in [-0.1, -0.05) is 24.3 Å². The van der Waals surface area contributed by atoms with E-state index in [0.29, 0.717) is 23.0 Å². The molecule has 4 unspecified atom stereocenters. The average Bonchev–Trinajstić information content (AvgIpc) is 3.29. The van der Waals surface area contributed by atoms with Gasteiger partial charge in [0.15, 0.2) is 11.6 Å². The molecule has 0 saturated carbocycles. The summed E-state index contributed by atoms with van der Waals surface area (Å²) in [6, 6.07) is 4.05. The molecule has 0 spiro atoms. The molecule has 0 aromatic heterocycles. The Morgan fingerprint density at radius 2 is 1.05 bits per heavy atom. The SMILES string of the molecule is O=C1C2=C(C(=O)c3cc4c(cc31)C1C=CC4C1)C1C=CC2C1. The lowest BCUT2D eigenvalue weighted by molar-refractivity contribution is 0.0969. The van der Waals surface area contributed by atoms with Crippen LogP contribution in [0.4, 0.5) is 0 Å².